The number of rotatable bonds is 10. The molecule has 12 heteroatoms. The molecule has 5 unspecified atom stereocenters. The molecular weight excluding hydrogens is 582 g/mol. The minimum absolute atomic E-state index is 0.0669. The summed E-state index contributed by atoms with van der Waals surface area (Å²) in [4.78, 5) is 74.3. The number of nitrogens with one attached hydrogen (secondary N) is 3. The second-order valence-corrected chi connectivity index (χ2v) is 13.0. The van der Waals surface area contributed by atoms with Crippen LogP contribution >= 0.6 is 11.8 Å². The number of nitrogens with zero attached hydrogens (tertiary/aromatic N) is 2. The Morgan fingerprint density at radius 2 is 1.80 bits per heavy atom. The Morgan fingerprint density at radius 1 is 1.02 bits per heavy atom. The molecule has 3 heterocycles. The van der Waals surface area contributed by atoms with Crippen molar-refractivity contribution in [1.82, 2.24) is 25.6 Å². The Bertz CT molecular complexity index is 1360. The van der Waals surface area contributed by atoms with Crippen LogP contribution in [0.4, 0.5) is 0 Å². The number of carbonyl (C=O) groups is 5. The summed E-state index contributed by atoms with van der Waals surface area (Å²) in [7, 11) is 1.52. The highest BCUT2D eigenvalue weighted by atomic mass is 32.2. The third-order valence-corrected chi connectivity index (χ3v) is 9.61. The standard InChI is InChI=1S/C32H45N5O6S/c1-5-20(2)27-32(42)36-17-11-10-16-26(36)30(40)33-24(14-7-6-12-18-44-21(3)38)29(39)35-28(31(41)34-27)23-19-37(43-4)25-15-9-8-13-22(23)25/h8-9,13,15,19-20,24,26-28H,5-7,10-12,14,16-18H2,1-4H3,(H,33,40)(H,34,41)(H,35,39). The van der Waals surface area contributed by atoms with E-state index in [9.17, 15) is 24.0 Å². The van der Waals surface area contributed by atoms with E-state index in [1.165, 1.54) is 30.5 Å². The third kappa shape index (κ3) is 7.75. The highest BCUT2D eigenvalue weighted by Crippen LogP contribution is 2.28. The second kappa shape index (κ2) is 15.5. The Balaban J connectivity index is 1.71. The summed E-state index contributed by atoms with van der Waals surface area (Å²) in [5.74, 6) is -1.12. The van der Waals surface area contributed by atoms with E-state index in [0.717, 1.165) is 31.2 Å². The van der Waals surface area contributed by atoms with Gasteiger partial charge in [-0.05, 0) is 44.1 Å². The van der Waals surface area contributed by atoms with Gasteiger partial charge in [0.15, 0.2) is 5.12 Å². The number of hydrogen-bond donors (Lipinski definition) is 3. The van der Waals surface area contributed by atoms with Crippen molar-refractivity contribution in [3.05, 3.63) is 36.0 Å². The van der Waals surface area contributed by atoms with Crippen molar-refractivity contribution in [2.24, 2.45) is 5.92 Å². The van der Waals surface area contributed by atoms with Crippen molar-refractivity contribution in [3.63, 3.8) is 0 Å². The summed E-state index contributed by atoms with van der Waals surface area (Å²) in [6.07, 6.45) is 6.92. The van der Waals surface area contributed by atoms with Crippen LogP contribution in [-0.2, 0) is 24.0 Å². The SMILES string of the molecule is CCC(C)C1NC(=O)C(c2cn(OC)c3ccccc23)NC(=O)C(CCCCCSC(C)=O)NC(=O)C2CCCCN2C1=O. The van der Waals surface area contributed by atoms with E-state index >= 15 is 0 Å². The number of thioether (sulfide) groups is 1. The fourth-order valence-electron chi connectivity index (χ4n) is 6.03. The van der Waals surface area contributed by atoms with E-state index in [2.05, 4.69) is 16.0 Å². The first kappa shape index (κ1) is 33.4. The zero-order valence-corrected chi connectivity index (χ0v) is 26.9. The van der Waals surface area contributed by atoms with Crippen molar-refractivity contribution in [2.45, 2.75) is 96.3 Å². The van der Waals surface area contributed by atoms with E-state index in [1.54, 1.807) is 11.1 Å². The molecule has 0 spiro atoms. The van der Waals surface area contributed by atoms with Gasteiger partial charge in [-0.2, -0.15) is 4.73 Å². The lowest BCUT2D eigenvalue weighted by molar-refractivity contribution is -0.147. The first-order valence-electron chi connectivity index (χ1n) is 15.7. The maximum atomic E-state index is 14.1. The van der Waals surface area contributed by atoms with Gasteiger partial charge in [0.1, 0.15) is 31.3 Å². The third-order valence-electron chi connectivity index (χ3n) is 8.71. The average Bonchev–Trinajstić information content (AvgIpc) is 3.40. The van der Waals surface area contributed by atoms with Crippen LogP contribution in [0.2, 0.25) is 0 Å². The highest BCUT2D eigenvalue weighted by Gasteiger charge is 2.41. The number of aromatic nitrogens is 1. The number of benzene rings is 1. The van der Waals surface area contributed by atoms with Crippen LogP contribution in [-0.4, -0.2) is 75.9 Å². The number of amides is 4. The summed E-state index contributed by atoms with van der Waals surface area (Å²) in [6.45, 7) is 5.81. The molecule has 0 bridgehead atoms. The molecule has 1 aromatic carbocycles. The molecule has 1 aromatic heterocycles. The van der Waals surface area contributed by atoms with E-state index in [-0.39, 0.29) is 22.8 Å². The molecule has 2 fully saturated rings. The summed E-state index contributed by atoms with van der Waals surface area (Å²) >= 11 is 1.27. The van der Waals surface area contributed by atoms with E-state index < -0.39 is 36.0 Å². The molecule has 11 nitrogen and oxygen atoms in total. The molecule has 2 aliphatic heterocycles. The van der Waals surface area contributed by atoms with Crippen molar-refractivity contribution in [2.75, 3.05) is 19.4 Å². The largest absolute Gasteiger partial charge is 0.417 e. The lowest BCUT2D eigenvalue weighted by atomic mass is 9.93. The van der Waals surface area contributed by atoms with Crippen molar-refractivity contribution >= 4 is 51.4 Å². The van der Waals surface area contributed by atoms with Crippen molar-refractivity contribution in [1.29, 1.82) is 0 Å². The summed E-state index contributed by atoms with van der Waals surface area (Å²) in [6, 6.07) is 3.78. The lowest BCUT2D eigenvalue weighted by Crippen LogP contribution is -2.62. The van der Waals surface area contributed by atoms with E-state index in [4.69, 9.17) is 4.84 Å². The van der Waals surface area contributed by atoms with Gasteiger partial charge in [0.25, 0.3) is 0 Å². The molecule has 0 radical (unpaired) electrons. The van der Waals surface area contributed by atoms with Crippen LogP contribution in [0.3, 0.4) is 0 Å². The van der Waals surface area contributed by atoms with Gasteiger partial charge in [0, 0.05) is 30.2 Å². The molecule has 4 rings (SSSR count). The quantitative estimate of drug-likeness (QED) is 0.344. The van der Waals surface area contributed by atoms with Crippen LogP contribution in [0.15, 0.2) is 30.5 Å². The fourth-order valence-corrected chi connectivity index (χ4v) is 6.67. The normalized spacial score (nSPS) is 24.0. The van der Waals surface area contributed by atoms with E-state index in [0.29, 0.717) is 48.9 Å². The Labute approximate surface area is 263 Å². The van der Waals surface area contributed by atoms with Gasteiger partial charge in [-0.25, -0.2) is 0 Å². The monoisotopic (exact) mass is 627 g/mol. The molecule has 0 saturated carbocycles. The molecule has 44 heavy (non-hydrogen) atoms. The predicted molar refractivity (Wildman–Crippen MR) is 170 cm³/mol. The van der Waals surface area contributed by atoms with Gasteiger partial charge in [-0.1, -0.05) is 63.1 Å². The van der Waals surface area contributed by atoms with Gasteiger partial charge in [-0.3, -0.25) is 24.0 Å². The molecule has 3 N–H and O–H groups in total. The fraction of sp³-hybridized carbons (Fsp3) is 0.594. The van der Waals surface area contributed by atoms with Crippen LogP contribution in [0.25, 0.3) is 10.9 Å². The summed E-state index contributed by atoms with van der Waals surface area (Å²) in [5, 5.41) is 9.63. The molecule has 240 valence electrons. The van der Waals surface area contributed by atoms with Gasteiger partial charge < -0.3 is 25.7 Å². The van der Waals surface area contributed by atoms with Crippen LogP contribution < -0.4 is 20.8 Å². The summed E-state index contributed by atoms with van der Waals surface area (Å²) in [5.41, 5.74) is 1.24. The number of para-hydroxylation sites is 1. The molecule has 0 aliphatic carbocycles. The zero-order chi connectivity index (χ0) is 31.8. The molecule has 2 aliphatic rings. The van der Waals surface area contributed by atoms with E-state index in [1.807, 2.05) is 38.1 Å². The minimum Gasteiger partial charge on any atom is -0.417 e. The van der Waals surface area contributed by atoms with Crippen LogP contribution in [0, 0.1) is 5.92 Å². The minimum atomic E-state index is -1.15. The average molecular weight is 628 g/mol. The summed E-state index contributed by atoms with van der Waals surface area (Å²) < 4.78 is 1.54. The Hall–Kier alpha value is -3.54. The van der Waals surface area contributed by atoms with Gasteiger partial charge >= 0.3 is 0 Å². The van der Waals surface area contributed by atoms with Crippen molar-refractivity contribution in [3.8, 4) is 0 Å². The molecule has 5 atom stereocenters. The number of unbranched alkanes of at least 4 members (excludes halogenated alkanes) is 2. The number of piperidine rings is 1. The molecule has 4 amide bonds. The zero-order valence-electron chi connectivity index (χ0n) is 26.1. The van der Waals surface area contributed by atoms with Crippen LogP contribution in [0.1, 0.15) is 83.7 Å². The van der Waals surface area contributed by atoms with Gasteiger partial charge in [0.2, 0.25) is 23.6 Å². The van der Waals surface area contributed by atoms with Crippen molar-refractivity contribution < 1.29 is 28.8 Å². The van der Waals surface area contributed by atoms with Gasteiger partial charge in [-0.15, -0.1) is 0 Å². The highest BCUT2D eigenvalue weighted by molar-refractivity contribution is 8.13. The topological polar surface area (TPSA) is 139 Å². The Kier molecular flexibility index (Phi) is 11.7. The number of fused-ring (bicyclic) bond motifs is 2. The predicted octanol–water partition coefficient (Wildman–Crippen LogP) is 3.11. The maximum absolute atomic E-state index is 14.1. The smallest absolute Gasteiger partial charge is 0.247 e. The number of carbonyl (C=O) groups excluding carboxylic acids is 5. The maximum Gasteiger partial charge on any atom is 0.247 e. The first-order chi connectivity index (χ1) is 21.2. The molecular formula is C32H45N5O6S. The van der Waals surface area contributed by atoms with Gasteiger partial charge in [0.05, 0.1) is 11.7 Å². The molecule has 2 saturated heterocycles. The molecule has 2 aromatic rings. The second-order valence-electron chi connectivity index (χ2n) is 11.7. The lowest BCUT2D eigenvalue weighted by Gasteiger charge is -2.39. The number of hydrogen-bond acceptors (Lipinski definition) is 7. The van der Waals surface area contributed by atoms with Crippen LogP contribution in [0.5, 0.6) is 0 Å². The Morgan fingerprint density at radius 3 is 2.52 bits per heavy atom. The first-order valence-corrected chi connectivity index (χ1v) is 16.6.